The summed E-state index contributed by atoms with van der Waals surface area (Å²) in [5, 5.41) is 11.2. The van der Waals surface area contributed by atoms with Crippen molar-refractivity contribution in [2.45, 2.75) is 141 Å². The Labute approximate surface area is 360 Å². The summed E-state index contributed by atoms with van der Waals surface area (Å²) in [6, 6.07) is -0.951. The molecule has 4 N–H and O–H groups in total. The number of hydrogen-bond donors (Lipinski definition) is 4. The Hall–Kier alpha value is -5.81. The highest BCUT2D eigenvalue weighted by Crippen LogP contribution is 2.37. The Bertz CT molecular complexity index is 2000. The minimum absolute atomic E-state index is 0.0425. The zero-order valence-electron chi connectivity index (χ0n) is 35.9. The van der Waals surface area contributed by atoms with E-state index in [4.69, 9.17) is 14.2 Å². The van der Waals surface area contributed by atoms with E-state index in [1.807, 2.05) is 19.1 Å². The molecule has 1 unspecified atom stereocenters. The van der Waals surface area contributed by atoms with E-state index in [0.717, 1.165) is 43.2 Å². The molecule has 334 valence electrons. The molecule has 0 spiro atoms. The molecule has 1 aromatic carbocycles. The zero-order chi connectivity index (χ0) is 44.1. The summed E-state index contributed by atoms with van der Waals surface area (Å²) >= 11 is 0. The van der Waals surface area contributed by atoms with Gasteiger partial charge in [0.25, 0.3) is 11.8 Å². The lowest BCUT2D eigenvalue weighted by Crippen LogP contribution is -2.62. The summed E-state index contributed by atoms with van der Waals surface area (Å²) in [5.74, 6) is -3.01. The molecule has 2 aliphatic carbocycles. The van der Waals surface area contributed by atoms with Gasteiger partial charge in [0.05, 0.1) is 18.8 Å². The van der Waals surface area contributed by atoms with Crippen molar-refractivity contribution < 1.29 is 47.8 Å². The number of carbonyl (C=O) groups excluding carboxylic acids is 7. The van der Waals surface area contributed by atoms with Crippen LogP contribution in [0.2, 0.25) is 0 Å². The molecule has 3 fully saturated rings. The number of benzene rings is 1. The quantitative estimate of drug-likeness (QED) is 0.201. The van der Waals surface area contributed by atoms with Gasteiger partial charge in [-0.25, -0.2) is 9.78 Å². The maximum Gasteiger partial charge on any atom is 0.410 e. The molecule has 1 aromatic heterocycles. The number of rotatable bonds is 14. The second-order valence-corrected chi connectivity index (χ2v) is 18.1. The van der Waals surface area contributed by atoms with Crippen LogP contribution >= 0.6 is 0 Å². The summed E-state index contributed by atoms with van der Waals surface area (Å²) in [6.45, 7) is 8.32. The minimum Gasteiger partial charge on any atom is -0.486 e. The molecular weight excluding hydrogens is 801 g/mol. The molecule has 4 heterocycles. The van der Waals surface area contributed by atoms with Crippen molar-refractivity contribution in [3.8, 4) is 11.5 Å². The van der Waals surface area contributed by atoms with Crippen molar-refractivity contribution >= 4 is 41.4 Å². The molecule has 18 nitrogen and oxygen atoms in total. The first-order valence-electron chi connectivity index (χ1n) is 21.9. The maximum absolute atomic E-state index is 14.9. The number of Topliss-reactive ketones (excluding diaryl/α,β-unsaturated/α-hetero) is 1. The Kier molecular flexibility index (Phi) is 13.6. The second kappa shape index (κ2) is 19.1. The van der Waals surface area contributed by atoms with Gasteiger partial charge < -0.3 is 40.4 Å². The number of ether oxygens (including phenoxy) is 3. The summed E-state index contributed by atoms with van der Waals surface area (Å²) in [4.78, 5) is 108. The predicted octanol–water partition coefficient (Wildman–Crippen LogP) is 2.71. The predicted molar refractivity (Wildman–Crippen MR) is 221 cm³/mol. The van der Waals surface area contributed by atoms with Crippen molar-refractivity contribution in [2.75, 3.05) is 19.8 Å². The van der Waals surface area contributed by atoms with Gasteiger partial charge in [-0.3, -0.25) is 38.7 Å². The molecule has 5 atom stereocenters. The van der Waals surface area contributed by atoms with E-state index in [9.17, 15) is 33.6 Å². The van der Waals surface area contributed by atoms with Gasteiger partial charge in [-0.15, -0.1) is 0 Å². The van der Waals surface area contributed by atoms with Crippen molar-refractivity contribution in [3.63, 3.8) is 0 Å². The summed E-state index contributed by atoms with van der Waals surface area (Å²) < 4.78 is 17.5. The normalized spacial score (nSPS) is 21.2. The molecule has 2 aromatic rings. The van der Waals surface area contributed by atoms with E-state index >= 15 is 0 Å². The molecular formula is C44H58N8O10. The highest BCUT2D eigenvalue weighted by Gasteiger charge is 2.48. The third-order valence-electron chi connectivity index (χ3n) is 12.2. The van der Waals surface area contributed by atoms with Crippen molar-refractivity contribution in [2.24, 2.45) is 11.3 Å². The van der Waals surface area contributed by atoms with Gasteiger partial charge in [0.15, 0.2) is 11.5 Å². The highest BCUT2D eigenvalue weighted by molar-refractivity contribution is 6.38. The molecule has 6 amide bonds. The van der Waals surface area contributed by atoms with Crippen LogP contribution in [-0.4, -0.2) is 117 Å². The smallest absolute Gasteiger partial charge is 0.410 e. The largest absolute Gasteiger partial charge is 0.486 e. The second-order valence-electron chi connectivity index (χ2n) is 18.1. The summed E-state index contributed by atoms with van der Waals surface area (Å²) in [6.07, 6.45) is 8.79. The molecule has 7 rings (SSSR count). The average Bonchev–Trinajstić information content (AvgIpc) is 3.82. The highest BCUT2D eigenvalue weighted by atomic mass is 16.6. The van der Waals surface area contributed by atoms with Crippen LogP contribution in [0, 0.1) is 11.3 Å². The van der Waals surface area contributed by atoms with Crippen LogP contribution in [0.15, 0.2) is 30.7 Å². The Morgan fingerprint density at radius 1 is 0.887 bits per heavy atom. The van der Waals surface area contributed by atoms with E-state index in [1.165, 1.54) is 28.4 Å². The first-order chi connectivity index (χ1) is 29.7. The molecule has 0 radical (unpaired) electrons. The fraction of sp³-hybridized carbons (Fsp3) is 0.614. The molecule has 1 saturated heterocycles. The van der Waals surface area contributed by atoms with Crippen LogP contribution < -0.4 is 30.7 Å². The molecule has 18 heteroatoms. The van der Waals surface area contributed by atoms with E-state index in [2.05, 4.69) is 31.2 Å². The summed E-state index contributed by atoms with van der Waals surface area (Å²) in [7, 11) is 0. The first-order valence-corrected chi connectivity index (χ1v) is 21.9. The maximum atomic E-state index is 14.9. The lowest BCUT2D eigenvalue weighted by molar-refractivity contribution is -0.145. The number of nitrogens with one attached hydrogen (secondary N) is 4. The van der Waals surface area contributed by atoms with E-state index in [1.54, 1.807) is 20.8 Å². The summed E-state index contributed by atoms with van der Waals surface area (Å²) in [5.41, 5.74) is 0.893. The number of fused-ring (bicyclic) bond motifs is 2. The number of amides is 6. The first kappa shape index (κ1) is 44.3. The molecule has 62 heavy (non-hydrogen) atoms. The third kappa shape index (κ3) is 10.4. The number of carbonyl (C=O) groups is 7. The van der Waals surface area contributed by atoms with Crippen molar-refractivity contribution in [1.82, 2.24) is 41.0 Å². The Morgan fingerprint density at radius 2 is 1.56 bits per heavy atom. The van der Waals surface area contributed by atoms with Crippen LogP contribution in [0.25, 0.3) is 0 Å². The SMILES string of the molecule is CCC[C@H](NC(=O)C1C[C@@H](OC(=O)N2Cc3cc4c(cc3C2)OCCO4)CN1C(=O)[C@@H](NC(=O)[C@@H](NC(=O)c1cnccn1)C1CCCCC1)C(C)(C)C)C(=O)C(=O)NC1CC1. The monoisotopic (exact) mass is 858 g/mol. The molecule has 3 aliphatic heterocycles. The standard InChI is InChI=1S/C44H58N8O10/c1-5-9-30(36(53)41(57)47-28-12-13-28)48-39(55)32-20-29(62-43(59)51-22-26-18-33-34(19-27(26)23-51)61-17-16-60-33)24-52(32)42(58)37(44(2,3)4)50-40(56)35(25-10-7-6-8-11-25)49-38(54)31-21-45-14-15-46-31/h14-15,18-19,21,25,28-30,32,35,37H,5-13,16-17,20,22-24H2,1-4H3,(H,47,57)(H,48,55)(H,49,54)(H,50,56)/t29-,30+,32?,35+,37-/m1/s1. The third-order valence-corrected chi connectivity index (χ3v) is 12.2. The van der Waals surface area contributed by atoms with Crippen LogP contribution in [0.3, 0.4) is 0 Å². The molecule has 2 saturated carbocycles. The van der Waals surface area contributed by atoms with Gasteiger partial charge in [-0.05, 0) is 66.7 Å². The van der Waals surface area contributed by atoms with Gasteiger partial charge in [0.2, 0.25) is 23.5 Å². The lowest BCUT2D eigenvalue weighted by Gasteiger charge is -2.37. The molecule has 0 bridgehead atoms. The van der Waals surface area contributed by atoms with Crippen molar-refractivity contribution in [3.05, 3.63) is 47.5 Å². The van der Waals surface area contributed by atoms with Gasteiger partial charge in [-0.2, -0.15) is 0 Å². The lowest BCUT2D eigenvalue weighted by atomic mass is 9.82. The fourth-order valence-electron chi connectivity index (χ4n) is 8.67. The topological polar surface area (TPSA) is 228 Å². The average molecular weight is 859 g/mol. The number of nitrogens with zero attached hydrogens (tertiary/aromatic N) is 4. The van der Waals surface area contributed by atoms with Gasteiger partial charge in [0, 0.05) is 37.9 Å². The number of aromatic nitrogens is 2. The van der Waals surface area contributed by atoms with Crippen LogP contribution in [-0.2, 0) is 41.8 Å². The van der Waals surface area contributed by atoms with E-state index in [-0.39, 0.29) is 50.1 Å². The van der Waals surface area contributed by atoms with E-state index < -0.39 is 77.1 Å². The Balaban J connectivity index is 1.11. The minimum atomic E-state index is -1.23. The van der Waals surface area contributed by atoms with Crippen LogP contribution in [0.1, 0.15) is 114 Å². The van der Waals surface area contributed by atoms with Crippen molar-refractivity contribution in [1.29, 1.82) is 0 Å². The number of hydrogen-bond acceptors (Lipinski definition) is 12. The van der Waals surface area contributed by atoms with Gasteiger partial charge in [-0.1, -0.05) is 53.4 Å². The van der Waals surface area contributed by atoms with Gasteiger partial charge >= 0.3 is 6.09 Å². The zero-order valence-corrected chi connectivity index (χ0v) is 35.9. The number of likely N-dealkylation sites (tertiary alicyclic amines) is 1. The number of ketones is 1. The van der Waals surface area contributed by atoms with Crippen LogP contribution in [0.5, 0.6) is 11.5 Å². The van der Waals surface area contributed by atoms with E-state index in [0.29, 0.717) is 44.0 Å². The Morgan fingerprint density at radius 3 is 2.16 bits per heavy atom. The molecule has 5 aliphatic rings. The fourth-order valence-corrected chi connectivity index (χ4v) is 8.67. The van der Waals surface area contributed by atoms with Gasteiger partial charge in [0.1, 0.15) is 43.1 Å². The van der Waals surface area contributed by atoms with Crippen LogP contribution in [0.4, 0.5) is 4.79 Å².